The number of hydrogen-bond acceptors (Lipinski definition) is 5. The van der Waals surface area contributed by atoms with Crippen molar-refractivity contribution in [2.45, 2.75) is 20.4 Å². The van der Waals surface area contributed by atoms with Crippen LogP contribution in [0.5, 0.6) is 0 Å². The lowest BCUT2D eigenvalue weighted by Gasteiger charge is -2.21. The quantitative estimate of drug-likeness (QED) is 0.310. The van der Waals surface area contributed by atoms with Crippen molar-refractivity contribution in [2.75, 3.05) is 0 Å². The number of nitrogens with two attached hydrogens (primary N) is 1. The van der Waals surface area contributed by atoms with E-state index in [2.05, 4.69) is 15.5 Å². The molecular weight excluding hydrogens is 228 g/mol. The molecule has 0 radical (unpaired) electrons. The number of aromatic nitrogens is 1. The lowest BCUT2D eigenvalue weighted by molar-refractivity contribution is -0.126. The van der Waals surface area contributed by atoms with Gasteiger partial charge in [-0.3, -0.25) is 4.79 Å². The van der Waals surface area contributed by atoms with Crippen molar-refractivity contribution in [3.8, 4) is 0 Å². The van der Waals surface area contributed by atoms with Crippen molar-refractivity contribution in [1.29, 1.82) is 0 Å². The standard InChI is InChI=1S/C9H14N4O2S/c1-9(2,7(10)13-15)8(14)12-5-6-11-3-4-16-6/h3-4,15H,5H2,1-2H3,(H2,10,13)(H,12,14). The molecule has 0 atom stereocenters. The van der Waals surface area contributed by atoms with Crippen LogP contribution in [-0.2, 0) is 11.3 Å². The molecule has 7 heteroatoms. The van der Waals surface area contributed by atoms with Crippen molar-refractivity contribution in [3.63, 3.8) is 0 Å². The van der Waals surface area contributed by atoms with Gasteiger partial charge < -0.3 is 16.3 Å². The van der Waals surface area contributed by atoms with Crippen LogP contribution in [-0.4, -0.2) is 21.9 Å². The Kier molecular flexibility index (Phi) is 3.83. The van der Waals surface area contributed by atoms with Gasteiger partial charge in [-0.25, -0.2) is 4.98 Å². The van der Waals surface area contributed by atoms with Gasteiger partial charge in [0.15, 0.2) is 5.84 Å². The largest absolute Gasteiger partial charge is 0.409 e. The highest BCUT2D eigenvalue weighted by Gasteiger charge is 2.32. The van der Waals surface area contributed by atoms with Crippen molar-refractivity contribution < 1.29 is 10.0 Å². The van der Waals surface area contributed by atoms with E-state index < -0.39 is 5.41 Å². The first-order chi connectivity index (χ1) is 7.48. The summed E-state index contributed by atoms with van der Waals surface area (Å²) in [5, 5.41) is 16.7. The molecule has 0 saturated carbocycles. The van der Waals surface area contributed by atoms with Gasteiger partial charge in [-0.1, -0.05) is 5.16 Å². The second-order valence-electron chi connectivity index (χ2n) is 3.72. The summed E-state index contributed by atoms with van der Waals surface area (Å²) < 4.78 is 0. The highest BCUT2D eigenvalue weighted by atomic mass is 32.1. The molecular formula is C9H14N4O2S. The van der Waals surface area contributed by atoms with Crippen molar-refractivity contribution >= 4 is 23.1 Å². The van der Waals surface area contributed by atoms with Crippen LogP contribution in [0.3, 0.4) is 0 Å². The summed E-state index contributed by atoms with van der Waals surface area (Å²) >= 11 is 1.45. The molecule has 0 aliphatic heterocycles. The molecule has 88 valence electrons. The van der Waals surface area contributed by atoms with Crippen LogP contribution in [0.25, 0.3) is 0 Å². The van der Waals surface area contributed by atoms with E-state index in [1.165, 1.54) is 11.3 Å². The Morgan fingerprint density at radius 3 is 2.94 bits per heavy atom. The van der Waals surface area contributed by atoms with E-state index in [1.807, 2.05) is 5.38 Å². The van der Waals surface area contributed by atoms with Crippen molar-refractivity contribution in [2.24, 2.45) is 16.3 Å². The minimum atomic E-state index is -1.04. The average molecular weight is 242 g/mol. The van der Waals surface area contributed by atoms with Gasteiger partial charge in [0.25, 0.3) is 0 Å². The number of amidine groups is 1. The van der Waals surface area contributed by atoms with Crippen LogP contribution >= 0.6 is 11.3 Å². The summed E-state index contributed by atoms with van der Waals surface area (Å²) in [7, 11) is 0. The van der Waals surface area contributed by atoms with Crippen molar-refractivity contribution in [3.05, 3.63) is 16.6 Å². The van der Waals surface area contributed by atoms with Gasteiger partial charge in [-0.2, -0.15) is 0 Å². The van der Waals surface area contributed by atoms with Crippen molar-refractivity contribution in [1.82, 2.24) is 10.3 Å². The van der Waals surface area contributed by atoms with E-state index in [0.29, 0.717) is 6.54 Å². The fourth-order valence-corrected chi connectivity index (χ4v) is 1.51. The van der Waals surface area contributed by atoms with Crippen LogP contribution in [0.15, 0.2) is 16.7 Å². The number of hydrogen-bond donors (Lipinski definition) is 3. The minimum absolute atomic E-state index is 0.121. The lowest BCUT2D eigenvalue weighted by Crippen LogP contribution is -2.45. The van der Waals surface area contributed by atoms with Crippen LogP contribution in [0, 0.1) is 5.41 Å². The van der Waals surface area contributed by atoms with Crippen LogP contribution < -0.4 is 11.1 Å². The second kappa shape index (κ2) is 4.93. The first-order valence-corrected chi connectivity index (χ1v) is 5.51. The zero-order valence-electron chi connectivity index (χ0n) is 9.10. The first kappa shape index (κ1) is 12.4. The number of rotatable bonds is 4. The molecule has 16 heavy (non-hydrogen) atoms. The number of oxime groups is 1. The Bertz CT molecular complexity index is 386. The smallest absolute Gasteiger partial charge is 0.233 e. The number of nitrogens with one attached hydrogen (secondary N) is 1. The summed E-state index contributed by atoms with van der Waals surface area (Å²) in [5.74, 6) is -0.429. The van der Waals surface area contributed by atoms with Gasteiger partial charge >= 0.3 is 0 Å². The number of carbonyl (C=O) groups is 1. The molecule has 6 nitrogen and oxygen atoms in total. The maximum Gasteiger partial charge on any atom is 0.233 e. The maximum absolute atomic E-state index is 11.8. The third-order valence-electron chi connectivity index (χ3n) is 2.20. The molecule has 4 N–H and O–H groups in total. The lowest BCUT2D eigenvalue weighted by atomic mass is 9.91. The van der Waals surface area contributed by atoms with E-state index >= 15 is 0 Å². The van der Waals surface area contributed by atoms with Gasteiger partial charge in [-0.15, -0.1) is 11.3 Å². The number of nitrogens with zero attached hydrogens (tertiary/aromatic N) is 2. The molecule has 0 aromatic carbocycles. The summed E-state index contributed by atoms with van der Waals surface area (Å²) in [4.78, 5) is 15.8. The number of thiazole rings is 1. The Labute approximate surface area is 97.2 Å². The maximum atomic E-state index is 11.8. The Morgan fingerprint density at radius 1 is 1.75 bits per heavy atom. The average Bonchev–Trinajstić information content (AvgIpc) is 2.77. The molecule has 1 aromatic rings. The van der Waals surface area contributed by atoms with Crippen LogP contribution in [0.1, 0.15) is 18.9 Å². The fraction of sp³-hybridized carbons (Fsp3) is 0.444. The predicted molar refractivity (Wildman–Crippen MR) is 61.2 cm³/mol. The van der Waals surface area contributed by atoms with Crippen LogP contribution in [0.4, 0.5) is 0 Å². The van der Waals surface area contributed by atoms with Gasteiger partial charge in [0.2, 0.25) is 5.91 Å². The molecule has 0 spiro atoms. The summed E-state index contributed by atoms with van der Waals surface area (Å²) in [5.41, 5.74) is 4.39. The fourth-order valence-electron chi connectivity index (χ4n) is 0.958. The molecule has 0 fully saturated rings. The zero-order chi connectivity index (χ0) is 12.2. The third kappa shape index (κ3) is 2.69. The monoisotopic (exact) mass is 242 g/mol. The van der Waals surface area contributed by atoms with E-state index in [0.717, 1.165) is 5.01 Å². The van der Waals surface area contributed by atoms with Gasteiger partial charge in [-0.05, 0) is 13.8 Å². The molecule has 0 aliphatic rings. The Hall–Kier alpha value is -1.63. The predicted octanol–water partition coefficient (Wildman–Crippen LogP) is 0.532. The molecule has 0 saturated heterocycles. The third-order valence-corrected chi connectivity index (χ3v) is 2.98. The normalized spacial score (nSPS) is 12.5. The molecule has 0 bridgehead atoms. The highest BCUT2D eigenvalue weighted by molar-refractivity contribution is 7.09. The van der Waals surface area contributed by atoms with Crippen LogP contribution in [0.2, 0.25) is 0 Å². The van der Waals surface area contributed by atoms with Gasteiger partial charge in [0, 0.05) is 11.6 Å². The van der Waals surface area contributed by atoms with E-state index in [-0.39, 0.29) is 11.7 Å². The Morgan fingerprint density at radius 2 is 2.44 bits per heavy atom. The van der Waals surface area contributed by atoms with Gasteiger partial charge in [0.1, 0.15) is 10.4 Å². The molecule has 1 rings (SSSR count). The number of amides is 1. The van der Waals surface area contributed by atoms with E-state index in [9.17, 15) is 4.79 Å². The topological polar surface area (TPSA) is 101 Å². The molecule has 0 unspecified atom stereocenters. The minimum Gasteiger partial charge on any atom is -0.409 e. The summed E-state index contributed by atoms with van der Waals surface area (Å²) in [6, 6.07) is 0. The Balaban J connectivity index is 2.59. The number of carbonyl (C=O) groups excluding carboxylic acids is 1. The second-order valence-corrected chi connectivity index (χ2v) is 4.70. The summed E-state index contributed by atoms with van der Waals surface area (Å²) in [6.07, 6.45) is 1.67. The zero-order valence-corrected chi connectivity index (χ0v) is 9.91. The van der Waals surface area contributed by atoms with E-state index in [4.69, 9.17) is 10.9 Å². The van der Waals surface area contributed by atoms with E-state index in [1.54, 1.807) is 20.0 Å². The SMILES string of the molecule is CC(C)(C(=O)NCc1nccs1)C(N)=NO. The highest BCUT2D eigenvalue weighted by Crippen LogP contribution is 2.15. The first-order valence-electron chi connectivity index (χ1n) is 4.63. The molecule has 0 aliphatic carbocycles. The molecule has 1 amide bonds. The van der Waals surface area contributed by atoms with Gasteiger partial charge in [0.05, 0.1) is 6.54 Å². The summed E-state index contributed by atoms with van der Waals surface area (Å²) in [6.45, 7) is 3.51. The molecule has 1 heterocycles. The molecule has 1 aromatic heterocycles.